The lowest BCUT2D eigenvalue weighted by Gasteiger charge is -2.12. The molecule has 1 aromatic rings. The average Bonchev–Trinajstić information content (AvgIpc) is 2.36. The second-order valence-electron chi connectivity index (χ2n) is 3.68. The van der Waals surface area contributed by atoms with E-state index in [9.17, 15) is 4.79 Å². The van der Waals surface area contributed by atoms with E-state index in [1.54, 1.807) is 30.0 Å². The Kier molecular flexibility index (Phi) is 5.99. The van der Waals surface area contributed by atoms with Crippen LogP contribution in [0.1, 0.15) is 12.0 Å². The summed E-state index contributed by atoms with van der Waals surface area (Å²) in [7, 11) is 0. The lowest BCUT2D eigenvalue weighted by molar-refractivity contribution is -0.117. The summed E-state index contributed by atoms with van der Waals surface area (Å²) >= 11 is 7.46. The van der Waals surface area contributed by atoms with Gasteiger partial charge >= 0.3 is 0 Å². The van der Waals surface area contributed by atoms with Crippen LogP contribution < -0.4 is 11.1 Å². The lowest BCUT2D eigenvalue weighted by atomic mass is 10.1. The third-order valence-corrected chi connectivity index (χ3v) is 3.21. The molecule has 0 heterocycles. The Morgan fingerprint density at radius 1 is 1.67 bits per heavy atom. The minimum absolute atomic E-state index is 0.303. The first-order valence-electron chi connectivity index (χ1n) is 5.33. The summed E-state index contributed by atoms with van der Waals surface area (Å²) in [6.45, 7) is 0. The molecule has 0 radical (unpaired) electrons. The predicted molar refractivity (Wildman–Crippen MR) is 75.8 cm³/mol. The number of nitrogens with one attached hydrogen (secondary N) is 1. The molecule has 1 atom stereocenters. The van der Waals surface area contributed by atoms with E-state index in [0.29, 0.717) is 22.7 Å². The molecule has 18 heavy (non-hydrogen) atoms. The van der Waals surface area contributed by atoms with E-state index in [0.717, 1.165) is 5.75 Å². The van der Waals surface area contributed by atoms with E-state index in [-0.39, 0.29) is 5.91 Å². The minimum Gasteiger partial charge on any atom is -0.323 e. The van der Waals surface area contributed by atoms with Crippen molar-refractivity contribution in [3.8, 4) is 6.07 Å². The molecule has 0 aliphatic rings. The maximum Gasteiger partial charge on any atom is 0.241 e. The summed E-state index contributed by atoms with van der Waals surface area (Å²) in [6.07, 6.45) is 2.55. The zero-order valence-corrected chi connectivity index (χ0v) is 11.5. The molecule has 0 saturated carbocycles. The quantitative estimate of drug-likeness (QED) is 0.868. The van der Waals surface area contributed by atoms with Gasteiger partial charge in [0.2, 0.25) is 5.91 Å². The molecular weight excluding hydrogens is 270 g/mol. The number of hydrogen-bond acceptors (Lipinski definition) is 4. The Balaban J connectivity index is 2.75. The Morgan fingerprint density at radius 2 is 2.39 bits per heavy atom. The molecule has 0 unspecified atom stereocenters. The van der Waals surface area contributed by atoms with Gasteiger partial charge < -0.3 is 11.1 Å². The predicted octanol–water partition coefficient (Wildman–Crippen LogP) is 2.23. The molecule has 96 valence electrons. The van der Waals surface area contributed by atoms with Crippen LogP contribution in [0.25, 0.3) is 0 Å². The highest BCUT2D eigenvalue weighted by atomic mass is 35.5. The number of amides is 1. The van der Waals surface area contributed by atoms with Gasteiger partial charge in [0.15, 0.2) is 0 Å². The molecule has 6 heteroatoms. The van der Waals surface area contributed by atoms with E-state index in [1.807, 2.05) is 12.3 Å². The van der Waals surface area contributed by atoms with Crippen LogP contribution in [-0.2, 0) is 4.79 Å². The van der Waals surface area contributed by atoms with Crippen molar-refractivity contribution in [3.05, 3.63) is 28.8 Å². The number of benzene rings is 1. The first-order chi connectivity index (χ1) is 8.58. The Bertz CT molecular complexity index is 473. The SMILES string of the molecule is CSCC[C@@H](N)C(=O)Nc1cc(Cl)ccc1C#N. The molecule has 0 fully saturated rings. The van der Waals surface area contributed by atoms with E-state index < -0.39 is 6.04 Å². The Labute approximate surface area is 115 Å². The van der Waals surface area contributed by atoms with E-state index in [2.05, 4.69) is 5.32 Å². The first-order valence-corrected chi connectivity index (χ1v) is 7.10. The molecule has 3 N–H and O–H groups in total. The number of rotatable bonds is 5. The number of nitrogens with two attached hydrogens (primary N) is 1. The van der Waals surface area contributed by atoms with Crippen LogP contribution in [0.5, 0.6) is 0 Å². The fraction of sp³-hybridized carbons (Fsp3) is 0.333. The van der Waals surface area contributed by atoms with Crippen molar-refractivity contribution in [2.45, 2.75) is 12.5 Å². The van der Waals surface area contributed by atoms with Crippen LogP contribution in [0.2, 0.25) is 5.02 Å². The molecule has 0 aliphatic heterocycles. The van der Waals surface area contributed by atoms with Crippen LogP contribution in [0, 0.1) is 11.3 Å². The Hall–Kier alpha value is -1.22. The molecule has 0 saturated heterocycles. The largest absolute Gasteiger partial charge is 0.323 e. The van der Waals surface area contributed by atoms with Crippen molar-refractivity contribution < 1.29 is 4.79 Å². The van der Waals surface area contributed by atoms with Crippen LogP contribution in [-0.4, -0.2) is 24.0 Å². The number of hydrogen-bond donors (Lipinski definition) is 2. The maximum absolute atomic E-state index is 11.8. The van der Waals surface area contributed by atoms with Crippen LogP contribution in [0.3, 0.4) is 0 Å². The molecule has 0 aromatic heterocycles. The van der Waals surface area contributed by atoms with E-state index in [4.69, 9.17) is 22.6 Å². The molecule has 4 nitrogen and oxygen atoms in total. The molecule has 1 amide bonds. The smallest absolute Gasteiger partial charge is 0.241 e. The van der Waals surface area contributed by atoms with Crippen molar-refractivity contribution >= 4 is 35.0 Å². The van der Waals surface area contributed by atoms with Crippen LogP contribution in [0.15, 0.2) is 18.2 Å². The normalized spacial score (nSPS) is 11.7. The second kappa shape index (κ2) is 7.27. The summed E-state index contributed by atoms with van der Waals surface area (Å²) in [6, 6.07) is 6.11. The van der Waals surface area contributed by atoms with Crippen molar-refractivity contribution in [1.29, 1.82) is 5.26 Å². The van der Waals surface area contributed by atoms with E-state index >= 15 is 0 Å². The standard InChI is InChI=1S/C12H14ClN3OS/c1-18-5-4-10(15)12(17)16-11-6-9(13)3-2-8(11)7-14/h2-3,6,10H,4-5,15H2,1H3,(H,16,17)/t10-/m1/s1. The minimum atomic E-state index is -0.581. The maximum atomic E-state index is 11.8. The summed E-state index contributed by atoms with van der Waals surface area (Å²) in [5.74, 6) is 0.512. The number of carbonyl (C=O) groups is 1. The summed E-state index contributed by atoms with van der Waals surface area (Å²) in [5.41, 5.74) is 6.50. The fourth-order valence-corrected chi connectivity index (χ4v) is 1.98. The van der Waals surface area contributed by atoms with Crippen LogP contribution >= 0.6 is 23.4 Å². The van der Waals surface area contributed by atoms with Gasteiger partial charge in [0.1, 0.15) is 6.07 Å². The van der Waals surface area contributed by atoms with Gasteiger partial charge in [-0.05, 0) is 36.6 Å². The molecule has 0 bridgehead atoms. The van der Waals surface area contributed by atoms with Gasteiger partial charge in [-0.25, -0.2) is 0 Å². The number of halogens is 1. The monoisotopic (exact) mass is 283 g/mol. The highest BCUT2D eigenvalue weighted by molar-refractivity contribution is 7.98. The average molecular weight is 284 g/mol. The second-order valence-corrected chi connectivity index (χ2v) is 5.10. The Morgan fingerprint density at radius 3 is 3.00 bits per heavy atom. The van der Waals surface area contributed by atoms with Gasteiger partial charge in [0.25, 0.3) is 0 Å². The van der Waals surface area contributed by atoms with Crippen molar-refractivity contribution in [3.63, 3.8) is 0 Å². The third-order valence-electron chi connectivity index (χ3n) is 2.33. The third kappa shape index (κ3) is 4.22. The summed E-state index contributed by atoms with van der Waals surface area (Å²) in [5, 5.41) is 12.0. The number of nitrogens with zero attached hydrogens (tertiary/aromatic N) is 1. The lowest BCUT2D eigenvalue weighted by Crippen LogP contribution is -2.36. The van der Waals surface area contributed by atoms with Crippen LogP contribution in [0.4, 0.5) is 5.69 Å². The van der Waals surface area contributed by atoms with Gasteiger partial charge in [-0.15, -0.1) is 0 Å². The number of carbonyl (C=O) groups excluding carboxylic acids is 1. The van der Waals surface area contributed by atoms with Gasteiger partial charge in [-0.3, -0.25) is 4.79 Å². The zero-order valence-electron chi connectivity index (χ0n) is 9.94. The highest BCUT2D eigenvalue weighted by Crippen LogP contribution is 2.20. The van der Waals surface area contributed by atoms with Crippen molar-refractivity contribution in [1.82, 2.24) is 0 Å². The summed E-state index contributed by atoms with van der Waals surface area (Å²) in [4.78, 5) is 11.8. The van der Waals surface area contributed by atoms with Gasteiger partial charge in [0.05, 0.1) is 17.3 Å². The number of anilines is 1. The van der Waals surface area contributed by atoms with Crippen molar-refractivity contribution in [2.24, 2.45) is 5.73 Å². The number of nitriles is 1. The number of thioether (sulfide) groups is 1. The summed E-state index contributed by atoms with van der Waals surface area (Å²) < 4.78 is 0. The zero-order chi connectivity index (χ0) is 13.5. The van der Waals surface area contributed by atoms with Gasteiger partial charge in [0, 0.05) is 5.02 Å². The molecule has 0 spiro atoms. The van der Waals surface area contributed by atoms with Gasteiger partial charge in [-0.2, -0.15) is 17.0 Å². The molecule has 1 rings (SSSR count). The highest BCUT2D eigenvalue weighted by Gasteiger charge is 2.14. The molecule has 0 aliphatic carbocycles. The molecule has 1 aromatic carbocycles. The first kappa shape index (κ1) is 14.8. The fourth-order valence-electron chi connectivity index (χ4n) is 1.32. The molecular formula is C12H14ClN3OS. The van der Waals surface area contributed by atoms with E-state index in [1.165, 1.54) is 0 Å². The topological polar surface area (TPSA) is 78.9 Å². The van der Waals surface area contributed by atoms with Gasteiger partial charge in [-0.1, -0.05) is 11.6 Å². The van der Waals surface area contributed by atoms with Crippen molar-refractivity contribution in [2.75, 3.05) is 17.3 Å².